The topological polar surface area (TPSA) is 80.1 Å². The summed E-state index contributed by atoms with van der Waals surface area (Å²) in [6.07, 6.45) is 4.27. The van der Waals surface area contributed by atoms with Crippen LogP contribution < -0.4 is 15.8 Å². The van der Waals surface area contributed by atoms with Crippen molar-refractivity contribution in [2.24, 2.45) is 5.73 Å². The third-order valence-electron chi connectivity index (χ3n) is 4.27. The maximum atomic E-state index is 12.2. The van der Waals surface area contributed by atoms with Crippen molar-refractivity contribution in [3.8, 4) is 5.75 Å². The van der Waals surface area contributed by atoms with Crippen LogP contribution in [0.15, 0.2) is 24.3 Å². The van der Waals surface area contributed by atoms with Crippen LogP contribution in [0.4, 0.5) is 0 Å². The van der Waals surface area contributed by atoms with Gasteiger partial charge in [0, 0.05) is 23.0 Å². The molecule has 1 fully saturated rings. The Hall–Kier alpha value is -2.01. The Kier molecular flexibility index (Phi) is 3.59. The molecule has 1 aromatic carbocycles. The zero-order valence-electron chi connectivity index (χ0n) is 12.2. The summed E-state index contributed by atoms with van der Waals surface area (Å²) < 4.78 is 5.19. The van der Waals surface area contributed by atoms with Gasteiger partial charge in [-0.1, -0.05) is 12.8 Å². The van der Waals surface area contributed by atoms with E-state index in [1.54, 1.807) is 7.11 Å². The van der Waals surface area contributed by atoms with Gasteiger partial charge in [0.2, 0.25) is 0 Å². The predicted molar refractivity (Wildman–Crippen MR) is 82.6 cm³/mol. The predicted octanol–water partition coefficient (Wildman–Crippen LogP) is 2.18. The number of H-pyrrole nitrogens is 1. The molecule has 5 nitrogen and oxygen atoms in total. The monoisotopic (exact) mass is 287 g/mol. The number of nitrogens with one attached hydrogen (secondary N) is 2. The van der Waals surface area contributed by atoms with Crippen molar-refractivity contribution < 1.29 is 9.53 Å². The SMILES string of the molecule is COc1ccc2[nH]c(C(=O)NCC3(N)CCCC3)cc2c1. The number of ether oxygens (including phenoxy) is 1. The molecular formula is C16H21N3O2. The van der Waals surface area contributed by atoms with Gasteiger partial charge in [0.05, 0.1) is 7.11 Å². The molecule has 0 saturated heterocycles. The van der Waals surface area contributed by atoms with Crippen LogP contribution in [0.5, 0.6) is 5.75 Å². The van der Waals surface area contributed by atoms with Gasteiger partial charge in [-0.3, -0.25) is 4.79 Å². The van der Waals surface area contributed by atoms with Crippen LogP contribution in [0.2, 0.25) is 0 Å². The van der Waals surface area contributed by atoms with Crippen LogP contribution in [0.1, 0.15) is 36.2 Å². The van der Waals surface area contributed by atoms with Crippen LogP contribution >= 0.6 is 0 Å². The average Bonchev–Trinajstić information content (AvgIpc) is 3.10. The van der Waals surface area contributed by atoms with E-state index in [2.05, 4.69) is 10.3 Å². The molecule has 1 saturated carbocycles. The number of fused-ring (bicyclic) bond motifs is 1. The molecule has 1 aliphatic carbocycles. The highest BCUT2D eigenvalue weighted by molar-refractivity contribution is 5.98. The minimum atomic E-state index is -0.231. The second-order valence-electron chi connectivity index (χ2n) is 5.89. The highest BCUT2D eigenvalue weighted by atomic mass is 16.5. The molecule has 0 spiro atoms. The van der Waals surface area contributed by atoms with Crippen molar-refractivity contribution in [2.75, 3.05) is 13.7 Å². The van der Waals surface area contributed by atoms with Crippen LogP contribution in [0, 0.1) is 0 Å². The number of benzene rings is 1. The molecular weight excluding hydrogens is 266 g/mol. The van der Waals surface area contributed by atoms with Crippen molar-refractivity contribution in [3.05, 3.63) is 30.0 Å². The molecule has 21 heavy (non-hydrogen) atoms. The summed E-state index contributed by atoms with van der Waals surface area (Å²) in [6, 6.07) is 7.52. The van der Waals surface area contributed by atoms with Gasteiger partial charge in [-0.05, 0) is 37.1 Å². The lowest BCUT2D eigenvalue weighted by atomic mass is 9.99. The van der Waals surface area contributed by atoms with Crippen molar-refractivity contribution in [1.82, 2.24) is 10.3 Å². The molecule has 1 aliphatic rings. The van der Waals surface area contributed by atoms with Gasteiger partial charge in [-0.2, -0.15) is 0 Å². The highest BCUT2D eigenvalue weighted by Crippen LogP contribution is 2.26. The molecule has 5 heteroatoms. The fourth-order valence-electron chi connectivity index (χ4n) is 2.97. The molecule has 1 amide bonds. The molecule has 1 aromatic heterocycles. The van der Waals surface area contributed by atoms with Crippen molar-refractivity contribution in [3.63, 3.8) is 0 Å². The first-order valence-electron chi connectivity index (χ1n) is 7.33. The summed E-state index contributed by atoms with van der Waals surface area (Å²) in [5.74, 6) is 0.669. The number of amides is 1. The van der Waals surface area contributed by atoms with Gasteiger partial charge in [0.15, 0.2) is 0 Å². The average molecular weight is 287 g/mol. The van der Waals surface area contributed by atoms with Crippen LogP contribution in [0.3, 0.4) is 0 Å². The zero-order valence-corrected chi connectivity index (χ0v) is 12.2. The zero-order chi connectivity index (χ0) is 14.9. The first kappa shape index (κ1) is 13.9. The lowest BCUT2D eigenvalue weighted by Gasteiger charge is -2.23. The number of rotatable bonds is 4. The van der Waals surface area contributed by atoms with E-state index in [1.165, 1.54) is 0 Å². The Morgan fingerprint density at radius 2 is 2.14 bits per heavy atom. The molecule has 0 radical (unpaired) electrons. The molecule has 0 aliphatic heterocycles. The minimum absolute atomic E-state index is 0.109. The quantitative estimate of drug-likeness (QED) is 0.806. The second-order valence-corrected chi connectivity index (χ2v) is 5.89. The van der Waals surface area contributed by atoms with Gasteiger partial charge in [-0.15, -0.1) is 0 Å². The molecule has 2 aromatic rings. The fraction of sp³-hybridized carbons (Fsp3) is 0.438. The number of carbonyl (C=O) groups is 1. The molecule has 4 N–H and O–H groups in total. The van der Waals surface area contributed by atoms with E-state index < -0.39 is 0 Å². The third-order valence-corrected chi connectivity index (χ3v) is 4.27. The Morgan fingerprint density at radius 1 is 1.38 bits per heavy atom. The Balaban J connectivity index is 1.72. The van der Waals surface area contributed by atoms with E-state index in [9.17, 15) is 4.79 Å². The van der Waals surface area contributed by atoms with Crippen LogP contribution in [-0.4, -0.2) is 30.1 Å². The minimum Gasteiger partial charge on any atom is -0.497 e. The van der Waals surface area contributed by atoms with Gasteiger partial charge in [0.1, 0.15) is 11.4 Å². The maximum absolute atomic E-state index is 12.2. The lowest BCUT2D eigenvalue weighted by molar-refractivity contribution is 0.0939. The number of methoxy groups -OCH3 is 1. The van der Waals surface area contributed by atoms with Crippen LogP contribution in [0.25, 0.3) is 10.9 Å². The fourth-order valence-corrected chi connectivity index (χ4v) is 2.97. The molecule has 1 heterocycles. The Labute approximate surface area is 123 Å². The molecule has 3 rings (SSSR count). The lowest BCUT2D eigenvalue weighted by Crippen LogP contribution is -2.48. The van der Waals surface area contributed by atoms with Gasteiger partial charge >= 0.3 is 0 Å². The molecule has 0 atom stereocenters. The van der Waals surface area contributed by atoms with Crippen molar-refractivity contribution in [1.29, 1.82) is 0 Å². The second kappa shape index (κ2) is 5.41. The summed E-state index contributed by atoms with van der Waals surface area (Å²) in [5, 5.41) is 3.91. The Morgan fingerprint density at radius 3 is 2.86 bits per heavy atom. The van der Waals surface area contributed by atoms with Gasteiger partial charge in [0.25, 0.3) is 5.91 Å². The van der Waals surface area contributed by atoms with E-state index in [4.69, 9.17) is 10.5 Å². The van der Waals surface area contributed by atoms with Gasteiger partial charge < -0.3 is 20.8 Å². The number of carbonyl (C=O) groups excluding carboxylic acids is 1. The van der Waals surface area contributed by atoms with Crippen LogP contribution in [-0.2, 0) is 0 Å². The van der Waals surface area contributed by atoms with E-state index in [-0.39, 0.29) is 11.4 Å². The maximum Gasteiger partial charge on any atom is 0.267 e. The number of hydrogen-bond acceptors (Lipinski definition) is 3. The largest absolute Gasteiger partial charge is 0.497 e. The van der Waals surface area contributed by atoms with Crippen molar-refractivity contribution >= 4 is 16.8 Å². The molecule has 112 valence electrons. The summed E-state index contributed by atoms with van der Waals surface area (Å²) in [7, 11) is 1.63. The summed E-state index contributed by atoms with van der Waals surface area (Å²) in [6.45, 7) is 0.532. The first-order valence-corrected chi connectivity index (χ1v) is 7.33. The first-order chi connectivity index (χ1) is 10.1. The van der Waals surface area contributed by atoms with E-state index in [0.29, 0.717) is 12.2 Å². The number of nitrogens with two attached hydrogens (primary N) is 1. The molecule has 0 bridgehead atoms. The number of aromatic nitrogens is 1. The third kappa shape index (κ3) is 2.88. The van der Waals surface area contributed by atoms with Crippen molar-refractivity contribution in [2.45, 2.75) is 31.2 Å². The Bertz CT molecular complexity index is 657. The number of hydrogen-bond donors (Lipinski definition) is 3. The highest BCUT2D eigenvalue weighted by Gasteiger charge is 2.29. The smallest absolute Gasteiger partial charge is 0.267 e. The summed E-state index contributed by atoms with van der Waals surface area (Å²) in [5.41, 5.74) is 7.50. The standard InChI is InChI=1S/C16H21N3O2/c1-21-12-4-5-13-11(8-12)9-14(19-13)15(20)18-10-16(17)6-2-3-7-16/h4-5,8-9,19H,2-3,6-7,10,17H2,1H3,(H,18,20). The normalized spacial score (nSPS) is 17.0. The van der Waals surface area contributed by atoms with E-state index >= 15 is 0 Å². The number of aromatic amines is 1. The summed E-state index contributed by atoms with van der Waals surface area (Å²) in [4.78, 5) is 15.4. The van der Waals surface area contributed by atoms with Gasteiger partial charge in [-0.25, -0.2) is 0 Å². The summed E-state index contributed by atoms with van der Waals surface area (Å²) >= 11 is 0. The van der Waals surface area contributed by atoms with E-state index in [1.807, 2.05) is 24.3 Å². The van der Waals surface area contributed by atoms with E-state index in [0.717, 1.165) is 42.3 Å². The molecule has 0 unspecified atom stereocenters.